The Morgan fingerprint density at radius 2 is 1.67 bits per heavy atom. The van der Waals surface area contributed by atoms with E-state index >= 15 is 0 Å². The number of carbonyl (C=O) groups excluding carboxylic acids is 1. The molecule has 1 N–H and O–H groups in total. The maximum Gasteiger partial charge on any atom is 0.339 e. The van der Waals surface area contributed by atoms with E-state index in [2.05, 4.69) is 14.6 Å². The van der Waals surface area contributed by atoms with Gasteiger partial charge in [-0.15, -0.1) is 0 Å². The Kier molecular flexibility index (Phi) is 5.00. The minimum absolute atomic E-state index is 0.0294. The zero-order valence-corrected chi connectivity index (χ0v) is 15.9. The summed E-state index contributed by atoms with van der Waals surface area (Å²) in [6, 6.07) is 15.3. The number of para-hydroxylation sites is 1. The summed E-state index contributed by atoms with van der Waals surface area (Å²) in [7, 11) is -2.81. The molecule has 0 aliphatic carbocycles. The van der Waals surface area contributed by atoms with E-state index in [1.807, 2.05) is 30.3 Å². The number of ether oxygens (including phenoxy) is 1. The fourth-order valence-corrected chi connectivity index (χ4v) is 4.15. The second kappa shape index (κ2) is 7.24. The highest BCUT2D eigenvalue weighted by Gasteiger charge is 2.25. The minimum Gasteiger partial charge on any atom is -0.465 e. The lowest BCUT2D eigenvalue weighted by Crippen LogP contribution is -2.18. The molecule has 0 saturated carbocycles. The van der Waals surface area contributed by atoms with E-state index in [-0.39, 0.29) is 10.5 Å². The van der Waals surface area contributed by atoms with Gasteiger partial charge in [0.25, 0.3) is 10.0 Å². The molecule has 2 aromatic carbocycles. The van der Waals surface area contributed by atoms with Gasteiger partial charge in [-0.1, -0.05) is 30.3 Å². The van der Waals surface area contributed by atoms with Crippen molar-refractivity contribution < 1.29 is 17.9 Å². The Morgan fingerprint density at radius 1 is 1.04 bits per heavy atom. The molecule has 0 aliphatic heterocycles. The van der Waals surface area contributed by atoms with Crippen molar-refractivity contribution in [1.82, 2.24) is 9.78 Å². The van der Waals surface area contributed by atoms with E-state index in [1.165, 1.54) is 19.2 Å². The molecule has 0 saturated heterocycles. The van der Waals surface area contributed by atoms with Crippen molar-refractivity contribution in [2.75, 3.05) is 11.8 Å². The van der Waals surface area contributed by atoms with Crippen molar-refractivity contribution >= 4 is 21.7 Å². The maximum atomic E-state index is 12.9. The maximum absolute atomic E-state index is 12.9. The zero-order chi connectivity index (χ0) is 19.6. The van der Waals surface area contributed by atoms with Crippen molar-refractivity contribution in [1.29, 1.82) is 0 Å². The van der Waals surface area contributed by atoms with Gasteiger partial charge >= 0.3 is 5.97 Å². The summed E-state index contributed by atoms with van der Waals surface area (Å²) >= 11 is 0. The molecule has 1 heterocycles. The first-order valence-electron chi connectivity index (χ1n) is 8.17. The molecule has 3 aromatic rings. The Balaban J connectivity index is 2.04. The van der Waals surface area contributed by atoms with Gasteiger partial charge in [0, 0.05) is 0 Å². The molecule has 8 heteroatoms. The third-order valence-corrected chi connectivity index (χ3v) is 5.52. The van der Waals surface area contributed by atoms with Gasteiger partial charge < -0.3 is 4.74 Å². The molecule has 0 fully saturated rings. The SMILES string of the molecule is COC(=O)c1ccccc1S(=O)(=O)Nc1c(C)nn(-c2ccccc2)c1C. The molecule has 0 radical (unpaired) electrons. The van der Waals surface area contributed by atoms with Crippen LogP contribution >= 0.6 is 0 Å². The molecule has 27 heavy (non-hydrogen) atoms. The summed E-state index contributed by atoms with van der Waals surface area (Å²) in [4.78, 5) is 11.8. The zero-order valence-electron chi connectivity index (χ0n) is 15.1. The van der Waals surface area contributed by atoms with Crippen LogP contribution in [0.25, 0.3) is 5.69 Å². The number of carbonyl (C=O) groups is 1. The molecule has 0 atom stereocenters. The monoisotopic (exact) mass is 385 g/mol. The first kappa shape index (κ1) is 18.7. The number of hydrogen-bond acceptors (Lipinski definition) is 5. The molecule has 0 spiro atoms. The highest BCUT2D eigenvalue weighted by atomic mass is 32.2. The van der Waals surface area contributed by atoms with Gasteiger partial charge in [-0.3, -0.25) is 4.72 Å². The van der Waals surface area contributed by atoms with E-state index in [4.69, 9.17) is 0 Å². The number of anilines is 1. The number of sulfonamides is 1. The molecule has 0 bridgehead atoms. The van der Waals surface area contributed by atoms with Crippen molar-refractivity contribution in [2.24, 2.45) is 0 Å². The van der Waals surface area contributed by atoms with E-state index in [0.717, 1.165) is 5.69 Å². The molecule has 140 valence electrons. The fraction of sp³-hybridized carbons (Fsp3) is 0.158. The van der Waals surface area contributed by atoms with Crippen LogP contribution in [0.3, 0.4) is 0 Å². The number of hydrogen-bond donors (Lipinski definition) is 1. The summed E-state index contributed by atoms with van der Waals surface area (Å²) in [6.07, 6.45) is 0. The van der Waals surface area contributed by atoms with Crippen LogP contribution in [0, 0.1) is 13.8 Å². The van der Waals surface area contributed by atoms with Crippen molar-refractivity contribution in [3.05, 3.63) is 71.5 Å². The third kappa shape index (κ3) is 3.56. The van der Waals surface area contributed by atoms with Gasteiger partial charge in [0.05, 0.1) is 35.4 Å². The smallest absolute Gasteiger partial charge is 0.339 e. The minimum atomic E-state index is -4.02. The van der Waals surface area contributed by atoms with Crippen molar-refractivity contribution in [2.45, 2.75) is 18.7 Å². The van der Waals surface area contributed by atoms with Gasteiger partial charge in [0.15, 0.2) is 0 Å². The molecule has 0 aliphatic rings. The number of nitrogens with zero attached hydrogens (tertiary/aromatic N) is 2. The van der Waals surface area contributed by atoms with Crippen LogP contribution in [0.4, 0.5) is 5.69 Å². The normalized spacial score (nSPS) is 11.2. The summed E-state index contributed by atoms with van der Waals surface area (Å²) in [6.45, 7) is 3.49. The van der Waals surface area contributed by atoms with Gasteiger partial charge in [0.2, 0.25) is 0 Å². The van der Waals surface area contributed by atoms with E-state index in [1.54, 1.807) is 30.7 Å². The van der Waals surface area contributed by atoms with Crippen molar-refractivity contribution in [3.63, 3.8) is 0 Å². The average molecular weight is 385 g/mol. The van der Waals surface area contributed by atoms with Crippen LogP contribution in [0.2, 0.25) is 0 Å². The molecule has 7 nitrogen and oxygen atoms in total. The number of aromatic nitrogens is 2. The number of esters is 1. The Labute approximate surface area is 157 Å². The molecule has 0 amide bonds. The second-order valence-electron chi connectivity index (χ2n) is 5.89. The summed E-state index contributed by atoms with van der Waals surface area (Å²) in [5, 5.41) is 4.43. The Bertz CT molecular complexity index is 1090. The van der Waals surface area contributed by atoms with Crippen LogP contribution in [-0.2, 0) is 14.8 Å². The quantitative estimate of drug-likeness (QED) is 0.682. The predicted octanol–water partition coefficient (Wildman–Crippen LogP) is 3.08. The molecule has 0 unspecified atom stereocenters. The van der Waals surface area contributed by atoms with Crippen LogP contribution < -0.4 is 4.72 Å². The van der Waals surface area contributed by atoms with Gasteiger partial charge in [-0.05, 0) is 38.1 Å². The van der Waals surface area contributed by atoms with Crippen LogP contribution in [0.15, 0.2) is 59.5 Å². The number of nitrogens with one attached hydrogen (secondary N) is 1. The molecular weight excluding hydrogens is 366 g/mol. The third-order valence-electron chi connectivity index (χ3n) is 4.11. The van der Waals surface area contributed by atoms with Gasteiger partial charge in [-0.25, -0.2) is 17.9 Å². The Hall–Kier alpha value is -3.13. The highest BCUT2D eigenvalue weighted by molar-refractivity contribution is 7.92. The lowest BCUT2D eigenvalue weighted by atomic mass is 10.2. The number of aryl methyl sites for hydroxylation is 1. The van der Waals surface area contributed by atoms with E-state index in [0.29, 0.717) is 17.1 Å². The Morgan fingerprint density at radius 3 is 2.33 bits per heavy atom. The lowest BCUT2D eigenvalue weighted by molar-refractivity contribution is 0.0596. The lowest BCUT2D eigenvalue weighted by Gasteiger charge is -2.12. The molecule has 3 rings (SSSR count). The van der Waals surface area contributed by atoms with Crippen LogP contribution in [0.5, 0.6) is 0 Å². The topological polar surface area (TPSA) is 90.3 Å². The second-order valence-corrected chi connectivity index (χ2v) is 7.54. The predicted molar refractivity (Wildman–Crippen MR) is 102 cm³/mol. The van der Waals surface area contributed by atoms with Crippen LogP contribution in [-0.4, -0.2) is 31.3 Å². The van der Waals surface area contributed by atoms with E-state index in [9.17, 15) is 13.2 Å². The van der Waals surface area contributed by atoms with Gasteiger partial charge in [0.1, 0.15) is 4.90 Å². The van der Waals surface area contributed by atoms with Crippen LogP contribution in [0.1, 0.15) is 21.7 Å². The summed E-state index contributed by atoms with van der Waals surface area (Å²) in [5.41, 5.74) is 2.32. The van der Waals surface area contributed by atoms with Gasteiger partial charge in [-0.2, -0.15) is 5.10 Å². The number of rotatable bonds is 5. The molecule has 1 aromatic heterocycles. The van der Waals surface area contributed by atoms with E-state index < -0.39 is 16.0 Å². The summed E-state index contributed by atoms with van der Waals surface area (Å²) < 4.78 is 34.8. The first-order chi connectivity index (χ1) is 12.8. The number of methoxy groups -OCH3 is 1. The highest BCUT2D eigenvalue weighted by Crippen LogP contribution is 2.27. The fourth-order valence-electron chi connectivity index (χ4n) is 2.78. The first-order valence-corrected chi connectivity index (χ1v) is 9.65. The van der Waals surface area contributed by atoms with Crippen molar-refractivity contribution in [3.8, 4) is 5.69 Å². The summed E-state index contributed by atoms with van der Waals surface area (Å²) in [5.74, 6) is -0.718. The largest absolute Gasteiger partial charge is 0.465 e. The molecular formula is C19H19N3O4S. The number of benzene rings is 2. The average Bonchev–Trinajstić information content (AvgIpc) is 2.96. The standard InChI is InChI=1S/C19H19N3O4S/c1-13-18(14(2)22(20-13)15-9-5-4-6-10-15)21-27(24,25)17-12-8-7-11-16(17)19(23)26-3/h4-12,21H,1-3H3.